The summed E-state index contributed by atoms with van der Waals surface area (Å²) >= 11 is 6.14. The summed E-state index contributed by atoms with van der Waals surface area (Å²) in [6.45, 7) is 9.51. The summed E-state index contributed by atoms with van der Waals surface area (Å²) in [5.74, 6) is -0.0167. The third-order valence-electron chi connectivity index (χ3n) is 3.23. The predicted octanol–water partition coefficient (Wildman–Crippen LogP) is 4.49. The van der Waals surface area contributed by atoms with Gasteiger partial charge in [-0.25, -0.2) is 0 Å². The van der Waals surface area contributed by atoms with Crippen molar-refractivity contribution >= 4 is 34.1 Å². The van der Waals surface area contributed by atoms with Crippen molar-refractivity contribution in [3.05, 3.63) is 34.5 Å². The van der Waals surface area contributed by atoms with E-state index in [2.05, 4.69) is 10.3 Å². The van der Waals surface area contributed by atoms with E-state index in [0.29, 0.717) is 5.02 Å². The monoisotopic (exact) mass is 290 g/mol. The highest BCUT2D eigenvalue weighted by Gasteiger charge is 2.22. The quantitative estimate of drug-likeness (QED) is 0.841. The van der Waals surface area contributed by atoms with Gasteiger partial charge in [0.15, 0.2) is 0 Å². The van der Waals surface area contributed by atoms with Gasteiger partial charge in [0, 0.05) is 21.5 Å². The molecule has 1 aromatic heterocycles. The number of carbonyl (C=O) groups is 1. The Morgan fingerprint density at radius 2 is 1.90 bits per heavy atom. The van der Waals surface area contributed by atoms with Gasteiger partial charge in [0.05, 0.1) is 11.2 Å². The van der Waals surface area contributed by atoms with Crippen LogP contribution in [0, 0.1) is 19.3 Å². The van der Waals surface area contributed by atoms with Crippen LogP contribution in [0.25, 0.3) is 10.9 Å². The molecule has 20 heavy (non-hydrogen) atoms. The van der Waals surface area contributed by atoms with Gasteiger partial charge in [0.2, 0.25) is 5.91 Å². The van der Waals surface area contributed by atoms with E-state index in [4.69, 9.17) is 11.6 Å². The van der Waals surface area contributed by atoms with Gasteiger partial charge in [-0.15, -0.1) is 0 Å². The summed E-state index contributed by atoms with van der Waals surface area (Å²) in [7, 11) is 0. The molecule has 0 saturated carbocycles. The van der Waals surface area contributed by atoms with Crippen LogP contribution in [-0.4, -0.2) is 10.9 Å². The SMILES string of the molecule is Cc1cc(NC(=O)C(C)(C)C)c2ccc(Cl)c(C)c2n1. The standard InChI is InChI=1S/C16H19ClN2O/c1-9-8-13(19-15(20)16(3,4)5)11-6-7-12(17)10(2)14(11)18-9/h6-8H,1-5H3,(H,18,19,20). The van der Waals surface area contributed by atoms with Crippen LogP contribution >= 0.6 is 11.6 Å². The molecule has 0 atom stereocenters. The largest absolute Gasteiger partial charge is 0.325 e. The van der Waals surface area contributed by atoms with Crippen LogP contribution in [0.1, 0.15) is 32.0 Å². The number of hydrogen-bond donors (Lipinski definition) is 1. The maximum Gasteiger partial charge on any atom is 0.229 e. The van der Waals surface area contributed by atoms with Crippen molar-refractivity contribution in [2.75, 3.05) is 5.32 Å². The number of halogens is 1. The Kier molecular flexibility index (Phi) is 3.74. The second-order valence-electron chi connectivity index (χ2n) is 6.08. The summed E-state index contributed by atoms with van der Waals surface area (Å²) in [6, 6.07) is 5.62. The number of fused-ring (bicyclic) bond motifs is 1. The zero-order valence-electron chi connectivity index (χ0n) is 12.5. The molecular weight excluding hydrogens is 272 g/mol. The van der Waals surface area contributed by atoms with Crippen LogP contribution in [0.2, 0.25) is 5.02 Å². The number of aromatic nitrogens is 1. The molecule has 1 N–H and O–H groups in total. The van der Waals surface area contributed by atoms with Crippen molar-refractivity contribution in [2.24, 2.45) is 5.41 Å². The Morgan fingerprint density at radius 3 is 2.50 bits per heavy atom. The number of anilines is 1. The van der Waals surface area contributed by atoms with E-state index in [1.54, 1.807) is 0 Å². The molecule has 3 nitrogen and oxygen atoms in total. The summed E-state index contributed by atoms with van der Waals surface area (Å²) in [5, 5.41) is 4.59. The van der Waals surface area contributed by atoms with Crippen molar-refractivity contribution in [2.45, 2.75) is 34.6 Å². The number of aryl methyl sites for hydroxylation is 2. The Balaban J connectivity index is 2.60. The third kappa shape index (κ3) is 2.78. The molecule has 0 unspecified atom stereocenters. The third-order valence-corrected chi connectivity index (χ3v) is 3.64. The molecule has 1 amide bonds. The number of nitrogens with zero attached hydrogens (tertiary/aromatic N) is 1. The van der Waals surface area contributed by atoms with Gasteiger partial charge in [-0.3, -0.25) is 9.78 Å². The van der Waals surface area contributed by atoms with Gasteiger partial charge in [0.25, 0.3) is 0 Å². The van der Waals surface area contributed by atoms with Gasteiger partial charge in [0.1, 0.15) is 0 Å². The average Bonchev–Trinajstić information content (AvgIpc) is 2.33. The summed E-state index contributed by atoms with van der Waals surface area (Å²) < 4.78 is 0. The number of nitrogens with one attached hydrogen (secondary N) is 1. The van der Waals surface area contributed by atoms with Gasteiger partial charge in [-0.1, -0.05) is 32.4 Å². The zero-order chi connectivity index (χ0) is 15.1. The molecular formula is C16H19ClN2O. The van der Waals surface area contributed by atoms with Crippen LogP contribution in [0.5, 0.6) is 0 Å². The average molecular weight is 291 g/mol. The van der Waals surface area contributed by atoms with E-state index < -0.39 is 5.41 Å². The van der Waals surface area contributed by atoms with Crippen molar-refractivity contribution in [1.82, 2.24) is 4.98 Å². The van der Waals surface area contributed by atoms with Gasteiger partial charge >= 0.3 is 0 Å². The topological polar surface area (TPSA) is 42.0 Å². The fourth-order valence-electron chi connectivity index (χ4n) is 1.95. The molecule has 1 aromatic carbocycles. The van der Waals surface area contributed by atoms with E-state index in [1.165, 1.54) is 0 Å². The van der Waals surface area contributed by atoms with Crippen molar-refractivity contribution in [3.8, 4) is 0 Å². The summed E-state index contributed by atoms with van der Waals surface area (Å²) in [5.41, 5.74) is 2.96. The molecule has 0 bridgehead atoms. The maximum absolute atomic E-state index is 12.2. The van der Waals surface area contributed by atoms with Crippen molar-refractivity contribution < 1.29 is 4.79 Å². The highest BCUT2D eigenvalue weighted by Crippen LogP contribution is 2.30. The molecule has 0 fully saturated rings. The van der Waals surface area contributed by atoms with Crippen LogP contribution in [0.4, 0.5) is 5.69 Å². The number of rotatable bonds is 1. The Morgan fingerprint density at radius 1 is 1.25 bits per heavy atom. The molecule has 4 heteroatoms. The lowest BCUT2D eigenvalue weighted by molar-refractivity contribution is -0.123. The first-order chi connectivity index (χ1) is 9.20. The molecule has 0 aliphatic carbocycles. The lowest BCUT2D eigenvalue weighted by Gasteiger charge is -2.19. The van der Waals surface area contributed by atoms with Crippen molar-refractivity contribution in [3.63, 3.8) is 0 Å². The van der Waals surface area contributed by atoms with Crippen molar-refractivity contribution in [1.29, 1.82) is 0 Å². The minimum absolute atomic E-state index is 0.0167. The maximum atomic E-state index is 12.2. The Bertz CT molecular complexity index is 687. The lowest BCUT2D eigenvalue weighted by atomic mass is 9.95. The molecule has 2 aromatic rings. The molecule has 0 radical (unpaired) electrons. The van der Waals surface area contributed by atoms with Gasteiger partial charge in [-0.05, 0) is 37.6 Å². The molecule has 1 heterocycles. The summed E-state index contributed by atoms with van der Waals surface area (Å²) in [6.07, 6.45) is 0. The molecule has 0 spiro atoms. The first-order valence-corrected chi connectivity index (χ1v) is 6.96. The Hall–Kier alpha value is -1.61. The van der Waals surface area contributed by atoms with E-state index in [0.717, 1.165) is 27.8 Å². The van der Waals surface area contributed by atoms with Crippen LogP contribution in [-0.2, 0) is 4.79 Å². The number of hydrogen-bond acceptors (Lipinski definition) is 2. The van der Waals surface area contributed by atoms with Gasteiger partial charge in [-0.2, -0.15) is 0 Å². The number of benzene rings is 1. The smallest absolute Gasteiger partial charge is 0.229 e. The normalized spacial score (nSPS) is 11.7. The number of amides is 1. The van der Waals surface area contributed by atoms with E-state index >= 15 is 0 Å². The summed E-state index contributed by atoms with van der Waals surface area (Å²) in [4.78, 5) is 16.7. The minimum Gasteiger partial charge on any atom is -0.325 e. The second kappa shape index (κ2) is 5.06. The van der Waals surface area contributed by atoms with Crippen LogP contribution in [0.3, 0.4) is 0 Å². The fourth-order valence-corrected chi connectivity index (χ4v) is 2.10. The van der Waals surface area contributed by atoms with E-state index in [9.17, 15) is 4.79 Å². The van der Waals surface area contributed by atoms with Crippen LogP contribution < -0.4 is 5.32 Å². The molecule has 0 aliphatic rings. The predicted molar refractivity (Wildman–Crippen MR) is 84.3 cm³/mol. The van der Waals surface area contributed by atoms with Crippen LogP contribution in [0.15, 0.2) is 18.2 Å². The van der Waals surface area contributed by atoms with E-state index in [-0.39, 0.29) is 5.91 Å². The lowest BCUT2D eigenvalue weighted by Crippen LogP contribution is -2.27. The second-order valence-corrected chi connectivity index (χ2v) is 6.49. The molecule has 106 valence electrons. The molecule has 2 rings (SSSR count). The zero-order valence-corrected chi connectivity index (χ0v) is 13.2. The first kappa shape index (κ1) is 14.8. The first-order valence-electron chi connectivity index (χ1n) is 6.58. The Labute approximate surface area is 124 Å². The number of pyridine rings is 1. The minimum atomic E-state index is -0.440. The number of carbonyl (C=O) groups excluding carboxylic acids is 1. The molecule has 0 saturated heterocycles. The fraction of sp³-hybridized carbons (Fsp3) is 0.375. The van der Waals surface area contributed by atoms with E-state index in [1.807, 2.05) is 52.8 Å². The molecule has 0 aliphatic heterocycles. The van der Waals surface area contributed by atoms with Gasteiger partial charge < -0.3 is 5.32 Å². The highest BCUT2D eigenvalue weighted by atomic mass is 35.5. The highest BCUT2D eigenvalue weighted by molar-refractivity contribution is 6.32.